The molecule has 0 saturated carbocycles. The predicted molar refractivity (Wildman–Crippen MR) is 26.9 cm³/mol. The van der Waals surface area contributed by atoms with Crippen molar-refractivity contribution in [2.45, 2.75) is 6.61 Å². The van der Waals surface area contributed by atoms with Gasteiger partial charge in [0.25, 0.3) is 0 Å². The van der Waals surface area contributed by atoms with E-state index >= 15 is 0 Å². The third-order valence-electron chi connectivity index (χ3n) is 0.573. The third-order valence-corrected chi connectivity index (χ3v) is 1.27. The first kappa shape index (κ1) is 4.74. The van der Waals surface area contributed by atoms with E-state index in [2.05, 4.69) is 10.4 Å². The smallest absolute Gasteiger partial charge is 0.119 e. The molecule has 0 unspecified atom stereocenters. The van der Waals surface area contributed by atoms with E-state index in [0.29, 0.717) is 0 Å². The minimum Gasteiger partial charge on any atom is -0.389 e. The van der Waals surface area contributed by atoms with Crippen molar-refractivity contribution in [2.75, 3.05) is 0 Å². The van der Waals surface area contributed by atoms with Crippen LogP contribution in [0.4, 0.5) is 0 Å². The fourth-order valence-electron chi connectivity index (χ4n) is 0.292. The molecule has 0 amide bonds. The number of hydrogen-bond donors (Lipinski definition) is 1. The van der Waals surface area contributed by atoms with E-state index in [-0.39, 0.29) is 6.61 Å². The summed E-state index contributed by atoms with van der Waals surface area (Å²) in [7, 11) is 0. The molecule has 0 bridgehead atoms. The van der Waals surface area contributed by atoms with E-state index in [1.807, 2.05) is 0 Å². The first-order valence-electron chi connectivity index (χ1n) is 1.85. The zero-order valence-electron chi connectivity index (χ0n) is 3.59. The van der Waals surface area contributed by atoms with Gasteiger partial charge in [-0.2, -0.15) is 0 Å². The summed E-state index contributed by atoms with van der Waals surface area (Å²) in [5.74, 6) is 0. The molecule has 1 N–H and O–H groups in total. The molecule has 0 spiro atoms. The molecule has 0 aliphatic carbocycles. The van der Waals surface area contributed by atoms with Crippen LogP contribution < -0.4 is 0 Å². The quantitative estimate of drug-likeness (QED) is 0.574. The highest BCUT2D eigenvalue weighted by Crippen LogP contribution is 2.00. The molecule has 7 heavy (non-hydrogen) atoms. The molecule has 0 aliphatic heterocycles. The largest absolute Gasteiger partial charge is 0.389 e. The first-order valence-corrected chi connectivity index (χ1v) is 2.67. The van der Waals surface area contributed by atoms with Gasteiger partial charge >= 0.3 is 0 Å². The SMILES string of the molecule is OCc1nc[c]s1. The standard InChI is InChI=1S/C4H4NOS/c6-3-4-5-1-2-7-4/h1,6H,3H2. The van der Waals surface area contributed by atoms with E-state index in [1.54, 1.807) is 6.20 Å². The summed E-state index contributed by atoms with van der Waals surface area (Å²) in [6.07, 6.45) is 1.55. The van der Waals surface area contributed by atoms with Crippen molar-refractivity contribution in [3.8, 4) is 0 Å². The molecule has 0 atom stereocenters. The van der Waals surface area contributed by atoms with E-state index in [0.717, 1.165) is 5.01 Å². The summed E-state index contributed by atoms with van der Waals surface area (Å²) in [5.41, 5.74) is 0. The topological polar surface area (TPSA) is 33.1 Å². The lowest BCUT2D eigenvalue weighted by molar-refractivity contribution is 0.281. The fourth-order valence-corrected chi connectivity index (χ4v) is 0.704. The maximum Gasteiger partial charge on any atom is 0.119 e. The van der Waals surface area contributed by atoms with Crippen LogP contribution in [0.25, 0.3) is 0 Å². The van der Waals surface area contributed by atoms with Gasteiger partial charge in [0.1, 0.15) is 5.01 Å². The molecule has 37 valence electrons. The molecule has 1 radical (unpaired) electrons. The lowest BCUT2D eigenvalue weighted by atomic mass is 10.8. The van der Waals surface area contributed by atoms with E-state index in [4.69, 9.17) is 5.11 Å². The van der Waals surface area contributed by atoms with Crippen molar-refractivity contribution in [2.24, 2.45) is 0 Å². The van der Waals surface area contributed by atoms with Crippen molar-refractivity contribution >= 4 is 11.3 Å². The summed E-state index contributed by atoms with van der Waals surface area (Å²) in [5, 5.41) is 11.8. The minimum atomic E-state index is 0.0359. The van der Waals surface area contributed by atoms with Crippen molar-refractivity contribution in [1.82, 2.24) is 4.98 Å². The Morgan fingerprint density at radius 1 is 2.00 bits per heavy atom. The van der Waals surface area contributed by atoms with Gasteiger partial charge in [0.05, 0.1) is 12.0 Å². The highest BCUT2D eigenvalue weighted by Gasteiger charge is 1.86. The second-order valence-electron chi connectivity index (χ2n) is 1.03. The highest BCUT2D eigenvalue weighted by molar-refractivity contribution is 7.09. The normalized spacial score (nSPS) is 9.29. The molecular weight excluding hydrogens is 110 g/mol. The lowest BCUT2D eigenvalue weighted by Crippen LogP contribution is -1.75. The monoisotopic (exact) mass is 114 g/mol. The highest BCUT2D eigenvalue weighted by atomic mass is 32.1. The Morgan fingerprint density at radius 2 is 2.86 bits per heavy atom. The van der Waals surface area contributed by atoms with Gasteiger partial charge in [-0.25, -0.2) is 4.98 Å². The Morgan fingerprint density at radius 3 is 3.14 bits per heavy atom. The average Bonchev–Trinajstić information content (AvgIpc) is 2.14. The van der Waals surface area contributed by atoms with Crippen LogP contribution in [-0.2, 0) is 6.61 Å². The van der Waals surface area contributed by atoms with Gasteiger partial charge in [-0.05, 0) is 0 Å². The number of nitrogens with zero attached hydrogens (tertiary/aromatic N) is 1. The lowest BCUT2D eigenvalue weighted by Gasteiger charge is -1.77. The third kappa shape index (κ3) is 0.976. The predicted octanol–water partition coefficient (Wildman–Crippen LogP) is 0.436. The van der Waals surface area contributed by atoms with Crippen molar-refractivity contribution in [3.63, 3.8) is 0 Å². The van der Waals surface area contributed by atoms with E-state index in [1.165, 1.54) is 11.3 Å². The van der Waals surface area contributed by atoms with E-state index < -0.39 is 0 Å². The van der Waals surface area contributed by atoms with Crippen LogP contribution in [0.5, 0.6) is 0 Å². The van der Waals surface area contributed by atoms with Crippen LogP contribution >= 0.6 is 11.3 Å². The Bertz CT molecular complexity index is 126. The molecule has 1 rings (SSSR count). The first-order chi connectivity index (χ1) is 3.43. The molecule has 0 fully saturated rings. The average molecular weight is 114 g/mol. The van der Waals surface area contributed by atoms with Gasteiger partial charge in [-0.15, -0.1) is 11.3 Å². The number of thiazole rings is 1. The second-order valence-corrected chi connectivity index (χ2v) is 1.94. The number of rotatable bonds is 1. The van der Waals surface area contributed by atoms with Gasteiger partial charge < -0.3 is 5.11 Å². The summed E-state index contributed by atoms with van der Waals surface area (Å²) in [6, 6.07) is 0. The molecule has 1 aromatic rings. The summed E-state index contributed by atoms with van der Waals surface area (Å²) >= 11 is 1.34. The maximum atomic E-state index is 8.35. The summed E-state index contributed by atoms with van der Waals surface area (Å²) in [4.78, 5) is 3.75. The Kier molecular flexibility index (Phi) is 1.38. The molecule has 1 heterocycles. The van der Waals surface area contributed by atoms with Gasteiger partial charge in [0.15, 0.2) is 0 Å². The van der Waals surface area contributed by atoms with Crippen LogP contribution in [0.1, 0.15) is 5.01 Å². The number of aromatic nitrogens is 1. The van der Waals surface area contributed by atoms with Crippen LogP contribution in [0.3, 0.4) is 0 Å². The Balaban J connectivity index is 2.76. The van der Waals surface area contributed by atoms with Gasteiger partial charge in [-0.3, -0.25) is 0 Å². The molecule has 0 aromatic carbocycles. The molecule has 0 saturated heterocycles. The zero-order valence-corrected chi connectivity index (χ0v) is 4.40. The Hall–Kier alpha value is -0.410. The number of aliphatic hydroxyl groups excluding tert-OH is 1. The van der Waals surface area contributed by atoms with Crippen LogP contribution in [0, 0.1) is 5.38 Å². The molecule has 0 aliphatic rings. The fraction of sp³-hybridized carbons (Fsp3) is 0.250. The number of hydrogen-bond acceptors (Lipinski definition) is 3. The minimum absolute atomic E-state index is 0.0359. The van der Waals surface area contributed by atoms with Gasteiger partial charge in [0.2, 0.25) is 0 Å². The van der Waals surface area contributed by atoms with Crippen LogP contribution in [0.15, 0.2) is 6.20 Å². The maximum absolute atomic E-state index is 8.35. The number of aliphatic hydroxyl groups is 1. The summed E-state index contributed by atoms with van der Waals surface area (Å²) < 4.78 is 0. The van der Waals surface area contributed by atoms with Gasteiger partial charge in [-0.1, -0.05) is 0 Å². The van der Waals surface area contributed by atoms with Gasteiger partial charge in [0, 0.05) is 6.20 Å². The molecule has 1 aromatic heterocycles. The zero-order chi connectivity index (χ0) is 5.11. The molecule has 3 heteroatoms. The van der Waals surface area contributed by atoms with Crippen molar-refractivity contribution in [1.29, 1.82) is 0 Å². The Labute approximate surface area is 45.5 Å². The van der Waals surface area contributed by atoms with Crippen LogP contribution in [-0.4, -0.2) is 10.1 Å². The van der Waals surface area contributed by atoms with Crippen molar-refractivity contribution < 1.29 is 5.11 Å². The molecule has 2 nitrogen and oxygen atoms in total. The summed E-state index contributed by atoms with van der Waals surface area (Å²) in [6.45, 7) is 0.0359. The van der Waals surface area contributed by atoms with Crippen molar-refractivity contribution in [3.05, 3.63) is 16.6 Å². The van der Waals surface area contributed by atoms with E-state index in [9.17, 15) is 0 Å². The second kappa shape index (κ2) is 2.04. The van der Waals surface area contributed by atoms with Crippen LogP contribution in [0.2, 0.25) is 0 Å². The molecular formula is C4H4NOS.